The molecule has 0 fully saturated rings. The number of rotatable bonds is 8. The van der Waals surface area contributed by atoms with Gasteiger partial charge in [-0.2, -0.15) is 0 Å². The van der Waals surface area contributed by atoms with E-state index in [2.05, 4.69) is 5.32 Å². The maximum atomic E-state index is 11.9. The normalized spacial score (nSPS) is 10.1. The first-order valence-electron chi connectivity index (χ1n) is 5.94. The fourth-order valence-corrected chi connectivity index (χ4v) is 1.53. The van der Waals surface area contributed by atoms with Gasteiger partial charge in [-0.15, -0.1) is 0 Å². The number of benzene rings is 1. The molecule has 0 saturated carbocycles. The van der Waals surface area contributed by atoms with Crippen molar-refractivity contribution in [1.82, 2.24) is 4.90 Å². The fraction of sp³-hybridized carbons (Fsp3) is 0.462. The molecule has 5 nitrogen and oxygen atoms in total. The summed E-state index contributed by atoms with van der Waals surface area (Å²) in [5, 5.41) is 12.0. The average molecular weight is 252 g/mol. The summed E-state index contributed by atoms with van der Waals surface area (Å²) in [6.07, 6.45) is 0. The Morgan fingerprint density at radius 3 is 2.67 bits per heavy atom. The van der Waals surface area contributed by atoms with E-state index in [1.807, 2.05) is 30.3 Å². The molecule has 0 heterocycles. The third kappa shape index (κ3) is 5.16. The molecular weight excluding hydrogens is 232 g/mol. The second-order valence-corrected chi connectivity index (χ2v) is 3.82. The van der Waals surface area contributed by atoms with Crippen LogP contribution in [0.2, 0.25) is 0 Å². The van der Waals surface area contributed by atoms with Gasteiger partial charge in [0.15, 0.2) is 0 Å². The van der Waals surface area contributed by atoms with Crippen molar-refractivity contribution in [3.8, 4) is 0 Å². The number of carbonyl (C=O) groups excluding carboxylic acids is 1. The molecule has 0 radical (unpaired) electrons. The van der Waals surface area contributed by atoms with E-state index in [1.165, 1.54) is 0 Å². The molecule has 0 unspecified atom stereocenters. The Morgan fingerprint density at radius 2 is 2.06 bits per heavy atom. The van der Waals surface area contributed by atoms with Crippen molar-refractivity contribution in [2.24, 2.45) is 0 Å². The summed E-state index contributed by atoms with van der Waals surface area (Å²) in [5.41, 5.74) is 0.904. The van der Waals surface area contributed by atoms with Crippen LogP contribution >= 0.6 is 0 Å². The Labute approximate surface area is 107 Å². The summed E-state index contributed by atoms with van der Waals surface area (Å²) in [7, 11) is 1.59. The van der Waals surface area contributed by atoms with Crippen LogP contribution in [0, 0.1) is 0 Å². The van der Waals surface area contributed by atoms with Crippen LogP contribution in [0.4, 0.5) is 5.69 Å². The van der Waals surface area contributed by atoms with Crippen molar-refractivity contribution in [1.29, 1.82) is 0 Å². The zero-order valence-corrected chi connectivity index (χ0v) is 10.6. The molecule has 0 spiro atoms. The highest BCUT2D eigenvalue weighted by Gasteiger charge is 2.11. The number of nitrogens with zero attached hydrogens (tertiary/aromatic N) is 1. The number of nitrogens with one attached hydrogen (secondary N) is 1. The molecule has 1 aromatic carbocycles. The summed E-state index contributed by atoms with van der Waals surface area (Å²) in [6, 6.07) is 9.54. The van der Waals surface area contributed by atoms with Gasteiger partial charge in [-0.25, -0.2) is 0 Å². The van der Waals surface area contributed by atoms with E-state index in [0.717, 1.165) is 5.69 Å². The first-order chi connectivity index (χ1) is 8.77. The second kappa shape index (κ2) is 8.49. The average Bonchev–Trinajstić information content (AvgIpc) is 2.42. The van der Waals surface area contributed by atoms with Crippen LogP contribution in [0.3, 0.4) is 0 Å². The molecule has 0 bridgehead atoms. The van der Waals surface area contributed by atoms with Gasteiger partial charge in [0, 0.05) is 25.9 Å². The second-order valence-electron chi connectivity index (χ2n) is 3.82. The number of para-hydroxylation sites is 1. The van der Waals surface area contributed by atoms with Gasteiger partial charge in [0.2, 0.25) is 5.91 Å². The predicted octanol–water partition coefficient (Wildman–Crippen LogP) is 0.566. The number of ether oxygens (including phenoxy) is 1. The Balaban J connectivity index is 2.40. The van der Waals surface area contributed by atoms with Gasteiger partial charge in [-0.3, -0.25) is 4.79 Å². The fourth-order valence-electron chi connectivity index (χ4n) is 1.53. The van der Waals surface area contributed by atoms with Crippen LogP contribution in [0.5, 0.6) is 0 Å². The molecule has 0 aromatic heterocycles. The topological polar surface area (TPSA) is 61.8 Å². The number of hydrogen-bond acceptors (Lipinski definition) is 4. The predicted molar refractivity (Wildman–Crippen MR) is 70.5 cm³/mol. The van der Waals surface area contributed by atoms with Crippen molar-refractivity contribution in [2.75, 3.05) is 45.3 Å². The number of amides is 1. The van der Waals surface area contributed by atoms with Gasteiger partial charge < -0.3 is 20.1 Å². The van der Waals surface area contributed by atoms with Gasteiger partial charge in [0.1, 0.15) is 0 Å². The molecule has 1 amide bonds. The molecule has 0 aliphatic carbocycles. The third-order valence-corrected chi connectivity index (χ3v) is 2.51. The van der Waals surface area contributed by atoms with Crippen LogP contribution in [-0.2, 0) is 9.53 Å². The molecule has 0 atom stereocenters. The van der Waals surface area contributed by atoms with E-state index in [9.17, 15) is 4.79 Å². The van der Waals surface area contributed by atoms with E-state index in [-0.39, 0.29) is 19.1 Å². The molecular formula is C13H20N2O3. The summed E-state index contributed by atoms with van der Waals surface area (Å²) >= 11 is 0. The number of hydrogen-bond donors (Lipinski definition) is 2. The van der Waals surface area contributed by atoms with Crippen LogP contribution in [0.25, 0.3) is 0 Å². The summed E-state index contributed by atoms with van der Waals surface area (Å²) in [6.45, 7) is 1.47. The summed E-state index contributed by atoms with van der Waals surface area (Å²) in [4.78, 5) is 13.5. The number of anilines is 1. The minimum Gasteiger partial charge on any atom is -0.395 e. The Kier molecular flexibility index (Phi) is 6.83. The lowest BCUT2D eigenvalue weighted by molar-refractivity contribution is -0.130. The molecule has 2 N–H and O–H groups in total. The highest BCUT2D eigenvalue weighted by Crippen LogP contribution is 2.04. The van der Waals surface area contributed by atoms with E-state index in [4.69, 9.17) is 9.84 Å². The Hall–Kier alpha value is -1.59. The third-order valence-electron chi connectivity index (χ3n) is 2.51. The van der Waals surface area contributed by atoms with Crippen molar-refractivity contribution < 1.29 is 14.6 Å². The van der Waals surface area contributed by atoms with E-state index in [0.29, 0.717) is 19.7 Å². The van der Waals surface area contributed by atoms with Crippen molar-refractivity contribution in [3.63, 3.8) is 0 Å². The molecule has 0 saturated heterocycles. The zero-order chi connectivity index (χ0) is 13.2. The first-order valence-corrected chi connectivity index (χ1v) is 5.94. The van der Waals surface area contributed by atoms with Gasteiger partial charge in [-0.05, 0) is 12.1 Å². The first kappa shape index (κ1) is 14.5. The lowest BCUT2D eigenvalue weighted by Gasteiger charge is -2.21. The number of aliphatic hydroxyl groups excluding tert-OH is 1. The van der Waals surface area contributed by atoms with Gasteiger partial charge >= 0.3 is 0 Å². The lowest BCUT2D eigenvalue weighted by atomic mass is 10.3. The van der Waals surface area contributed by atoms with E-state index < -0.39 is 0 Å². The van der Waals surface area contributed by atoms with E-state index in [1.54, 1.807) is 12.0 Å². The maximum absolute atomic E-state index is 11.9. The molecule has 5 heteroatoms. The summed E-state index contributed by atoms with van der Waals surface area (Å²) < 4.78 is 4.94. The molecule has 100 valence electrons. The zero-order valence-electron chi connectivity index (χ0n) is 10.6. The van der Waals surface area contributed by atoms with Crippen LogP contribution in [0.1, 0.15) is 0 Å². The molecule has 1 aromatic rings. The minimum absolute atomic E-state index is 0.0409. The molecule has 18 heavy (non-hydrogen) atoms. The van der Waals surface area contributed by atoms with Crippen LogP contribution in [-0.4, -0.2) is 55.9 Å². The highest BCUT2D eigenvalue weighted by atomic mass is 16.5. The Bertz CT molecular complexity index is 343. The van der Waals surface area contributed by atoms with Gasteiger partial charge in [-0.1, -0.05) is 18.2 Å². The lowest BCUT2D eigenvalue weighted by Crippen LogP contribution is -2.39. The molecule has 1 rings (SSSR count). The quantitative estimate of drug-likeness (QED) is 0.710. The smallest absolute Gasteiger partial charge is 0.242 e. The van der Waals surface area contributed by atoms with Gasteiger partial charge in [0.05, 0.1) is 19.8 Å². The van der Waals surface area contributed by atoms with Crippen molar-refractivity contribution in [2.45, 2.75) is 0 Å². The highest BCUT2D eigenvalue weighted by molar-refractivity contribution is 5.80. The number of methoxy groups -OCH3 is 1. The van der Waals surface area contributed by atoms with E-state index >= 15 is 0 Å². The summed E-state index contributed by atoms with van der Waals surface area (Å²) in [5.74, 6) is -0.0510. The van der Waals surface area contributed by atoms with Crippen molar-refractivity contribution in [3.05, 3.63) is 30.3 Å². The maximum Gasteiger partial charge on any atom is 0.242 e. The molecule has 0 aliphatic heterocycles. The Morgan fingerprint density at radius 1 is 1.33 bits per heavy atom. The standard InChI is InChI=1S/C13H20N2O3/c1-18-10-8-15(7-9-16)13(17)11-14-12-5-3-2-4-6-12/h2-6,14,16H,7-11H2,1H3. The monoisotopic (exact) mass is 252 g/mol. The SMILES string of the molecule is COCCN(CCO)C(=O)CNc1ccccc1. The van der Waals surface area contributed by atoms with Crippen LogP contribution in [0.15, 0.2) is 30.3 Å². The van der Waals surface area contributed by atoms with Gasteiger partial charge in [0.25, 0.3) is 0 Å². The van der Waals surface area contributed by atoms with Crippen molar-refractivity contribution >= 4 is 11.6 Å². The van der Waals surface area contributed by atoms with Crippen LogP contribution < -0.4 is 5.32 Å². The number of aliphatic hydroxyl groups is 1. The molecule has 0 aliphatic rings. The minimum atomic E-state index is -0.0510. The number of carbonyl (C=O) groups is 1. The largest absolute Gasteiger partial charge is 0.395 e.